The highest BCUT2D eigenvalue weighted by Crippen LogP contribution is 2.25. The highest BCUT2D eigenvalue weighted by atomic mass is 35.5. The van der Waals surface area contributed by atoms with Crippen molar-refractivity contribution in [2.45, 2.75) is 38.1 Å². The summed E-state index contributed by atoms with van der Waals surface area (Å²) >= 11 is 5.80. The third-order valence-electron chi connectivity index (χ3n) is 2.77. The molecule has 1 atom stereocenters. The topological polar surface area (TPSA) is 79.3 Å². The van der Waals surface area contributed by atoms with E-state index in [0.717, 1.165) is 0 Å². The van der Waals surface area contributed by atoms with E-state index in [0.29, 0.717) is 6.42 Å². The molecular weight excluding hydrogens is 288 g/mol. The first kappa shape index (κ1) is 16.4. The molecule has 0 bridgehead atoms. The van der Waals surface area contributed by atoms with E-state index in [1.807, 2.05) is 20.8 Å². The van der Waals surface area contributed by atoms with Crippen molar-refractivity contribution in [3.63, 3.8) is 0 Å². The van der Waals surface area contributed by atoms with E-state index in [4.69, 9.17) is 16.7 Å². The second kappa shape index (κ2) is 6.17. The minimum absolute atomic E-state index is 0.0520. The quantitative estimate of drug-likeness (QED) is 0.813. The predicted molar refractivity (Wildman–Crippen MR) is 74.5 cm³/mol. The van der Waals surface area contributed by atoms with E-state index in [9.17, 15) is 8.42 Å². The van der Waals surface area contributed by atoms with Crippen LogP contribution in [0.3, 0.4) is 0 Å². The SMILES string of the molecule is CC(C)(C)C(CCO)NS(=O)(=O)c1cccnc1Cl. The lowest BCUT2D eigenvalue weighted by atomic mass is 9.86. The zero-order valence-electron chi connectivity index (χ0n) is 11.2. The molecule has 0 amide bonds. The fraction of sp³-hybridized carbons (Fsp3) is 0.583. The average Bonchev–Trinajstić information content (AvgIpc) is 2.27. The van der Waals surface area contributed by atoms with Crippen LogP contribution < -0.4 is 4.72 Å². The van der Waals surface area contributed by atoms with Crippen molar-refractivity contribution < 1.29 is 13.5 Å². The van der Waals surface area contributed by atoms with Crippen LogP contribution in [0.4, 0.5) is 0 Å². The molecule has 0 saturated carbocycles. The van der Waals surface area contributed by atoms with Crippen molar-refractivity contribution in [1.82, 2.24) is 9.71 Å². The molecule has 1 aromatic rings. The lowest BCUT2D eigenvalue weighted by Crippen LogP contribution is -2.44. The number of aromatic nitrogens is 1. The third-order valence-corrected chi connectivity index (χ3v) is 4.69. The van der Waals surface area contributed by atoms with Gasteiger partial charge in [-0.3, -0.25) is 0 Å². The molecule has 1 heterocycles. The van der Waals surface area contributed by atoms with Crippen molar-refractivity contribution in [1.29, 1.82) is 0 Å². The van der Waals surface area contributed by atoms with Crippen LogP contribution in [-0.2, 0) is 10.0 Å². The van der Waals surface area contributed by atoms with Gasteiger partial charge in [-0.1, -0.05) is 32.4 Å². The van der Waals surface area contributed by atoms with E-state index < -0.39 is 16.1 Å². The molecule has 5 nitrogen and oxygen atoms in total. The Kier molecular flexibility index (Phi) is 5.32. The van der Waals surface area contributed by atoms with Crippen molar-refractivity contribution in [3.05, 3.63) is 23.5 Å². The molecule has 0 aromatic carbocycles. The first-order chi connectivity index (χ1) is 8.68. The molecule has 0 spiro atoms. The lowest BCUT2D eigenvalue weighted by molar-refractivity contribution is 0.214. The molecule has 1 unspecified atom stereocenters. The number of rotatable bonds is 5. The Morgan fingerprint density at radius 2 is 2.11 bits per heavy atom. The maximum absolute atomic E-state index is 12.3. The number of hydrogen-bond donors (Lipinski definition) is 2. The molecule has 0 fully saturated rings. The maximum Gasteiger partial charge on any atom is 0.243 e. The van der Waals surface area contributed by atoms with Gasteiger partial charge in [0.2, 0.25) is 10.0 Å². The van der Waals surface area contributed by atoms with E-state index >= 15 is 0 Å². The van der Waals surface area contributed by atoms with Crippen LogP contribution in [0.25, 0.3) is 0 Å². The predicted octanol–water partition coefficient (Wildman–Crippen LogP) is 1.81. The maximum atomic E-state index is 12.3. The van der Waals surface area contributed by atoms with Gasteiger partial charge in [0, 0.05) is 18.8 Å². The van der Waals surface area contributed by atoms with Crippen molar-refractivity contribution in [2.75, 3.05) is 6.61 Å². The molecule has 7 heteroatoms. The number of hydrogen-bond acceptors (Lipinski definition) is 4. The summed E-state index contributed by atoms with van der Waals surface area (Å²) in [4.78, 5) is 3.71. The average molecular weight is 307 g/mol. The highest BCUT2D eigenvalue weighted by molar-refractivity contribution is 7.89. The molecule has 0 aliphatic rings. The minimum Gasteiger partial charge on any atom is -0.396 e. The lowest BCUT2D eigenvalue weighted by Gasteiger charge is -2.30. The third kappa shape index (κ3) is 4.42. The number of pyridine rings is 1. The molecule has 2 N–H and O–H groups in total. The Morgan fingerprint density at radius 3 is 2.58 bits per heavy atom. The molecule has 1 aromatic heterocycles. The van der Waals surface area contributed by atoms with Gasteiger partial charge in [0.25, 0.3) is 0 Å². The number of nitrogens with zero attached hydrogens (tertiary/aromatic N) is 1. The molecule has 0 aliphatic heterocycles. The van der Waals surface area contributed by atoms with Crippen molar-refractivity contribution >= 4 is 21.6 Å². The Hall–Kier alpha value is -0.690. The number of aliphatic hydroxyl groups is 1. The molecule has 1 rings (SSSR count). The summed E-state index contributed by atoms with van der Waals surface area (Å²) in [6.45, 7) is 5.62. The van der Waals surface area contributed by atoms with Crippen LogP contribution in [0.1, 0.15) is 27.2 Å². The fourth-order valence-corrected chi connectivity index (χ4v) is 3.55. The summed E-state index contributed by atoms with van der Waals surface area (Å²) in [5.41, 5.74) is -0.315. The smallest absolute Gasteiger partial charge is 0.243 e. The highest BCUT2D eigenvalue weighted by Gasteiger charge is 2.30. The van der Waals surface area contributed by atoms with Gasteiger partial charge in [0.1, 0.15) is 10.0 Å². The fourth-order valence-electron chi connectivity index (χ4n) is 1.62. The summed E-state index contributed by atoms with van der Waals surface area (Å²) in [5, 5.41) is 8.99. The van der Waals surface area contributed by atoms with Crippen LogP contribution in [0, 0.1) is 5.41 Å². The summed E-state index contributed by atoms with van der Waals surface area (Å²) < 4.78 is 27.1. The Morgan fingerprint density at radius 1 is 1.47 bits per heavy atom. The zero-order chi connectivity index (χ0) is 14.7. The summed E-state index contributed by atoms with van der Waals surface area (Å²) in [5.74, 6) is 0. The van der Waals surface area contributed by atoms with E-state index in [1.54, 1.807) is 0 Å². The number of aliphatic hydroxyl groups excluding tert-OH is 1. The standard InChI is InChI=1S/C12H19ClN2O3S/c1-12(2,3)10(6-8-16)15-19(17,18)9-5-4-7-14-11(9)13/h4-5,7,10,15-16H,6,8H2,1-3H3. The first-order valence-electron chi connectivity index (χ1n) is 5.92. The summed E-state index contributed by atoms with van der Waals surface area (Å²) in [6, 6.07) is 2.52. The monoisotopic (exact) mass is 306 g/mol. The van der Waals surface area contributed by atoms with E-state index in [1.165, 1.54) is 18.3 Å². The normalized spacial score (nSPS) is 14.4. The van der Waals surface area contributed by atoms with Crippen LogP contribution in [0.2, 0.25) is 5.15 Å². The van der Waals surface area contributed by atoms with Gasteiger partial charge in [0.15, 0.2) is 0 Å². The van der Waals surface area contributed by atoms with Gasteiger partial charge in [-0.05, 0) is 24.0 Å². The van der Waals surface area contributed by atoms with Crippen LogP contribution in [-0.4, -0.2) is 31.2 Å². The van der Waals surface area contributed by atoms with E-state index in [2.05, 4.69) is 9.71 Å². The van der Waals surface area contributed by atoms with Gasteiger partial charge in [-0.25, -0.2) is 18.1 Å². The van der Waals surface area contributed by atoms with Gasteiger partial charge in [-0.2, -0.15) is 0 Å². The molecular formula is C12H19ClN2O3S. The largest absolute Gasteiger partial charge is 0.396 e. The second-order valence-electron chi connectivity index (χ2n) is 5.34. The van der Waals surface area contributed by atoms with Gasteiger partial charge in [-0.15, -0.1) is 0 Å². The summed E-state index contributed by atoms with van der Waals surface area (Å²) in [6.07, 6.45) is 1.76. The molecule has 0 saturated heterocycles. The number of halogens is 1. The van der Waals surface area contributed by atoms with Crippen LogP contribution >= 0.6 is 11.6 Å². The molecule has 108 valence electrons. The molecule has 0 aliphatic carbocycles. The van der Waals surface area contributed by atoms with E-state index in [-0.39, 0.29) is 22.1 Å². The number of sulfonamides is 1. The Labute approximate surface area is 119 Å². The zero-order valence-corrected chi connectivity index (χ0v) is 12.8. The van der Waals surface area contributed by atoms with Gasteiger partial charge >= 0.3 is 0 Å². The van der Waals surface area contributed by atoms with Crippen molar-refractivity contribution in [2.24, 2.45) is 5.41 Å². The minimum atomic E-state index is -3.75. The van der Waals surface area contributed by atoms with Crippen LogP contribution in [0.15, 0.2) is 23.2 Å². The van der Waals surface area contributed by atoms with Gasteiger partial charge in [0.05, 0.1) is 0 Å². The van der Waals surface area contributed by atoms with Crippen LogP contribution in [0.5, 0.6) is 0 Å². The first-order valence-corrected chi connectivity index (χ1v) is 7.78. The molecule has 19 heavy (non-hydrogen) atoms. The Bertz CT molecular complexity index is 526. The second-order valence-corrected chi connectivity index (χ2v) is 7.38. The summed E-state index contributed by atoms with van der Waals surface area (Å²) in [7, 11) is -3.75. The number of nitrogens with one attached hydrogen (secondary N) is 1. The van der Waals surface area contributed by atoms with Gasteiger partial charge < -0.3 is 5.11 Å². The molecule has 0 radical (unpaired) electrons. The van der Waals surface area contributed by atoms with Crippen molar-refractivity contribution in [3.8, 4) is 0 Å². The Balaban J connectivity index is 3.05.